The van der Waals surface area contributed by atoms with Crippen LogP contribution >= 0.6 is 11.3 Å². The van der Waals surface area contributed by atoms with Gasteiger partial charge in [0.2, 0.25) is 5.13 Å². The van der Waals surface area contributed by atoms with E-state index in [1.807, 2.05) is 0 Å². The molecule has 0 aliphatic heterocycles. The number of benzene rings is 2. The van der Waals surface area contributed by atoms with Crippen LogP contribution in [0.3, 0.4) is 0 Å². The van der Waals surface area contributed by atoms with Crippen molar-refractivity contribution >= 4 is 28.7 Å². The van der Waals surface area contributed by atoms with E-state index in [0.717, 1.165) is 17.7 Å². The van der Waals surface area contributed by atoms with Crippen LogP contribution < -0.4 is 5.43 Å². The number of thiazole rings is 1. The van der Waals surface area contributed by atoms with Gasteiger partial charge in [-0.3, -0.25) is 10.2 Å². The van der Waals surface area contributed by atoms with E-state index in [2.05, 4.69) is 15.5 Å². The van der Waals surface area contributed by atoms with Gasteiger partial charge in [-0.15, -0.1) is 11.3 Å². The highest BCUT2D eigenvalue weighted by Gasteiger charge is 2.30. The van der Waals surface area contributed by atoms with Gasteiger partial charge in [0.25, 0.3) is 0 Å². The third-order valence-electron chi connectivity index (χ3n) is 3.99. The van der Waals surface area contributed by atoms with E-state index in [1.54, 1.807) is 48.9 Å². The van der Waals surface area contributed by atoms with E-state index < -0.39 is 11.7 Å². The quantitative estimate of drug-likeness (QED) is 0.309. The molecule has 1 aromatic heterocycles. The minimum absolute atomic E-state index is 0.104. The summed E-state index contributed by atoms with van der Waals surface area (Å²) in [4.78, 5) is 15.7. The number of halogens is 3. The molecular formula is C21H18F3N3O2S. The molecule has 5 nitrogen and oxygen atoms in total. The predicted octanol–water partition coefficient (Wildman–Crippen LogP) is 5.38. The lowest BCUT2D eigenvalue weighted by Gasteiger charge is -2.09. The Morgan fingerprint density at radius 2 is 1.97 bits per heavy atom. The molecule has 0 saturated heterocycles. The van der Waals surface area contributed by atoms with Crippen LogP contribution in [0.2, 0.25) is 0 Å². The molecule has 1 N–H and O–H groups in total. The fourth-order valence-electron chi connectivity index (χ4n) is 2.60. The predicted molar refractivity (Wildman–Crippen MR) is 111 cm³/mol. The number of ether oxygens (including phenoxy) is 1. The summed E-state index contributed by atoms with van der Waals surface area (Å²) >= 11 is 1.31. The Morgan fingerprint density at radius 3 is 2.67 bits per heavy atom. The monoisotopic (exact) mass is 433 g/mol. The van der Waals surface area contributed by atoms with Gasteiger partial charge in [-0.05, 0) is 35.7 Å². The van der Waals surface area contributed by atoms with E-state index in [-0.39, 0.29) is 12.4 Å². The van der Waals surface area contributed by atoms with Crippen molar-refractivity contribution in [2.75, 3.05) is 12.0 Å². The Bertz CT molecular complexity index is 1030. The van der Waals surface area contributed by atoms with Crippen LogP contribution in [-0.4, -0.2) is 23.8 Å². The number of nitrogens with one attached hydrogen (secondary N) is 1. The minimum Gasteiger partial charge on any atom is -0.466 e. The van der Waals surface area contributed by atoms with Crippen molar-refractivity contribution in [1.29, 1.82) is 0 Å². The number of anilines is 1. The van der Waals surface area contributed by atoms with Crippen LogP contribution in [0.1, 0.15) is 23.7 Å². The number of carbonyl (C=O) groups excluding carboxylic acids is 1. The first-order valence-electron chi connectivity index (χ1n) is 9.02. The van der Waals surface area contributed by atoms with Crippen molar-refractivity contribution in [3.8, 4) is 11.1 Å². The van der Waals surface area contributed by atoms with Gasteiger partial charge in [0, 0.05) is 5.38 Å². The summed E-state index contributed by atoms with van der Waals surface area (Å²) in [6.45, 7) is 2.07. The Balaban J connectivity index is 1.60. The second-order valence-corrected chi connectivity index (χ2v) is 7.05. The maximum atomic E-state index is 12.9. The summed E-state index contributed by atoms with van der Waals surface area (Å²) in [5.41, 5.74) is 4.64. The lowest BCUT2D eigenvalue weighted by molar-refractivity contribution is -0.142. The van der Waals surface area contributed by atoms with Gasteiger partial charge in [-0.25, -0.2) is 4.98 Å². The van der Waals surface area contributed by atoms with Crippen LogP contribution in [-0.2, 0) is 22.1 Å². The smallest absolute Gasteiger partial charge is 0.416 e. The highest BCUT2D eigenvalue weighted by molar-refractivity contribution is 7.13. The maximum Gasteiger partial charge on any atom is 0.416 e. The van der Waals surface area contributed by atoms with Crippen molar-refractivity contribution in [3.05, 3.63) is 70.7 Å². The Labute approximate surface area is 175 Å². The van der Waals surface area contributed by atoms with Gasteiger partial charge in [0.15, 0.2) is 0 Å². The SMILES string of the molecule is CCOC(=O)Cc1csc(NN=Cc2ccc(-c3cccc(C(F)(F)F)c3)cc2)n1. The second kappa shape index (κ2) is 9.53. The number of hydrazone groups is 1. The zero-order chi connectivity index (χ0) is 21.6. The van der Waals surface area contributed by atoms with E-state index in [9.17, 15) is 18.0 Å². The molecule has 2 aromatic carbocycles. The number of nitrogens with zero attached hydrogens (tertiary/aromatic N) is 2. The summed E-state index contributed by atoms with van der Waals surface area (Å²) in [5.74, 6) is -0.335. The average Bonchev–Trinajstić information content (AvgIpc) is 3.15. The highest BCUT2D eigenvalue weighted by Crippen LogP contribution is 2.32. The zero-order valence-corrected chi connectivity index (χ0v) is 16.8. The molecule has 0 fully saturated rings. The van der Waals surface area contributed by atoms with Crippen molar-refractivity contribution in [2.24, 2.45) is 5.10 Å². The van der Waals surface area contributed by atoms with Gasteiger partial charge >= 0.3 is 12.1 Å². The molecule has 0 saturated carbocycles. The molecule has 0 aliphatic carbocycles. The lowest BCUT2D eigenvalue weighted by atomic mass is 10.0. The molecule has 1 heterocycles. The van der Waals surface area contributed by atoms with Gasteiger partial charge in [-0.1, -0.05) is 36.4 Å². The van der Waals surface area contributed by atoms with E-state index in [0.29, 0.717) is 28.6 Å². The third-order valence-corrected chi connectivity index (χ3v) is 4.79. The molecule has 9 heteroatoms. The summed E-state index contributed by atoms with van der Waals surface area (Å²) in [6, 6.07) is 12.2. The molecule has 156 valence electrons. The molecule has 0 radical (unpaired) electrons. The highest BCUT2D eigenvalue weighted by atomic mass is 32.1. The second-order valence-electron chi connectivity index (χ2n) is 6.20. The number of esters is 1. The summed E-state index contributed by atoms with van der Waals surface area (Å²) in [6.07, 6.45) is -2.70. The Morgan fingerprint density at radius 1 is 1.20 bits per heavy atom. The minimum atomic E-state index is -4.37. The number of alkyl halides is 3. The van der Waals surface area contributed by atoms with Crippen LogP contribution in [0.25, 0.3) is 11.1 Å². The standard InChI is InChI=1S/C21H18F3N3O2S/c1-2-29-19(28)11-18-13-30-20(26-18)27-25-12-14-6-8-15(9-7-14)16-4-3-5-17(10-16)21(22,23)24/h3-10,12-13H,2,11H2,1H3,(H,26,27). The van der Waals surface area contributed by atoms with Gasteiger partial charge in [0.1, 0.15) is 0 Å². The van der Waals surface area contributed by atoms with Crippen LogP contribution in [0.4, 0.5) is 18.3 Å². The zero-order valence-electron chi connectivity index (χ0n) is 15.9. The fraction of sp³-hybridized carbons (Fsp3) is 0.190. The largest absolute Gasteiger partial charge is 0.466 e. The van der Waals surface area contributed by atoms with Crippen LogP contribution in [0.15, 0.2) is 59.0 Å². The summed E-state index contributed by atoms with van der Waals surface area (Å²) in [7, 11) is 0. The summed E-state index contributed by atoms with van der Waals surface area (Å²) in [5, 5.41) is 6.38. The molecule has 0 amide bonds. The molecule has 3 aromatic rings. The lowest BCUT2D eigenvalue weighted by Crippen LogP contribution is -2.07. The number of aromatic nitrogens is 1. The number of hydrogen-bond donors (Lipinski definition) is 1. The first-order chi connectivity index (χ1) is 14.3. The molecule has 0 spiro atoms. The number of carbonyl (C=O) groups is 1. The number of hydrogen-bond acceptors (Lipinski definition) is 6. The third kappa shape index (κ3) is 5.90. The molecule has 0 unspecified atom stereocenters. The topological polar surface area (TPSA) is 63.6 Å². The van der Waals surface area contributed by atoms with Crippen molar-refractivity contribution in [3.63, 3.8) is 0 Å². The molecular weight excluding hydrogens is 415 g/mol. The molecule has 0 aliphatic rings. The Hall–Kier alpha value is -3.20. The fourth-order valence-corrected chi connectivity index (χ4v) is 3.26. The van der Waals surface area contributed by atoms with Gasteiger partial charge in [-0.2, -0.15) is 18.3 Å². The Kier molecular flexibility index (Phi) is 6.83. The molecule has 0 bridgehead atoms. The van der Waals surface area contributed by atoms with E-state index >= 15 is 0 Å². The summed E-state index contributed by atoms with van der Waals surface area (Å²) < 4.78 is 43.5. The molecule has 0 atom stereocenters. The van der Waals surface area contributed by atoms with Crippen molar-refractivity contribution in [2.45, 2.75) is 19.5 Å². The average molecular weight is 433 g/mol. The maximum absolute atomic E-state index is 12.9. The first-order valence-corrected chi connectivity index (χ1v) is 9.90. The normalized spacial score (nSPS) is 11.6. The van der Waals surface area contributed by atoms with Crippen LogP contribution in [0.5, 0.6) is 0 Å². The molecule has 3 rings (SSSR count). The van der Waals surface area contributed by atoms with Crippen LogP contribution in [0, 0.1) is 0 Å². The first kappa shape index (κ1) is 21.5. The number of rotatable bonds is 7. The van der Waals surface area contributed by atoms with E-state index in [4.69, 9.17) is 4.74 Å². The van der Waals surface area contributed by atoms with Gasteiger partial charge in [0.05, 0.1) is 30.5 Å². The van der Waals surface area contributed by atoms with Gasteiger partial charge < -0.3 is 4.74 Å². The molecule has 30 heavy (non-hydrogen) atoms. The van der Waals surface area contributed by atoms with Crippen molar-refractivity contribution in [1.82, 2.24) is 4.98 Å². The van der Waals surface area contributed by atoms with E-state index in [1.165, 1.54) is 17.4 Å². The van der Waals surface area contributed by atoms with Crippen molar-refractivity contribution < 1.29 is 22.7 Å².